The van der Waals surface area contributed by atoms with Gasteiger partial charge >= 0.3 is 5.97 Å². The number of hydrogen-bond donors (Lipinski definition) is 1. The summed E-state index contributed by atoms with van der Waals surface area (Å²) in [4.78, 5) is 11.2. The van der Waals surface area contributed by atoms with Crippen molar-refractivity contribution in [1.29, 1.82) is 0 Å². The molecule has 9 heteroatoms. The molecule has 0 spiro atoms. The number of aryl methyl sites for hydroxylation is 1. The molecule has 1 aromatic carbocycles. The molecule has 0 bridgehead atoms. The fourth-order valence-corrected chi connectivity index (χ4v) is 4.27. The van der Waals surface area contributed by atoms with Gasteiger partial charge < -0.3 is 5.11 Å². The Morgan fingerprint density at radius 3 is 2.67 bits per heavy atom. The number of halogens is 1. The molecular formula is C12H11ClN2O4S2. The standard InChI is InChI=1S/C12H11ClN2O4S2/c1-7-10(12(16)17)11(20-14-7)15(2)21(18,19)9-5-3-4-8(13)6-9/h3-6H,1-2H3,(H,16,17). The summed E-state index contributed by atoms with van der Waals surface area (Å²) >= 11 is 6.62. The van der Waals surface area contributed by atoms with Crippen LogP contribution in [0.2, 0.25) is 5.02 Å². The van der Waals surface area contributed by atoms with Gasteiger partial charge in [0.2, 0.25) is 0 Å². The lowest BCUT2D eigenvalue weighted by atomic mass is 10.2. The smallest absolute Gasteiger partial charge is 0.340 e. The van der Waals surface area contributed by atoms with Gasteiger partial charge in [-0.25, -0.2) is 13.2 Å². The van der Waals surface area contributed by atoms with E-state index in [2.05, 4.69) is 4.37 Å². The zero-order chi connectivity index (χ0) is 15.8. The molecule has 6 nitrogen and oxygen atoms in total. The van der Waals surface area contributed by atoms with Crippen LogP contribution in [0.1, 0.15) is 16.1 Å². The molecule has 0 amide bonds. The zero-order valence-electron chi connectivity index (χ0n) is 11.1. The van der Waals surface area contributed by atoms with Gasteiger partial charge in [0.1, 0.15) is 10.6 Å². The molecule has 0 aliphatic carbocycles. The minimum absolute atomic E-state index is 0.0140. The lowest BCUT2D eigenvalue weighted by Gasteiger charge is -2.18. The van der Waals surface area contributed by atoms with E-state index in [1.807, 2.05) is 0 Å². The van der Waals surface area contributed by atoms with Crippen LogP contribution in [0.25, 0.3) is 0 Å². The Hall–Kier alpha value is -1.64. The van der Waals surface area contributed by atoms with E-state index in [9.17, 15) is 18.3 Å². The van der Waals surface area contributed by atoms with Crippen molar-refractivity contribution in [2.75, 3.05) is 11.4 Å². The average Bonchev–Trinajstić information content (AvgIpc) is 2.79. The van der Waals surface area contributed by atoms with E-state index in [4.69, 9.17) is 11.6 Å². The molecule has 112 valence electrons. The van der Waals surface area contributed by atoms with Gasteiger partial charge in [-0.05, 0) is 36.7 Å². The quantitative estimate of drug-likeness (QED) is 0.919. The first-order valence-corrected chi connectivity index (χ1v) is 8.28. The van der Waals surface area contributed by atoms with Crippen LogP contribution in [0.5, 0.6) is 0 Å². The molecular weight excluding hydrogens is 336 g/mol. The van der Waals surface area contributed by atoms with Crippen LogP contribution in [-0.2, 0) is 10.0 Å². The third kappa shape index (κ3) is 2.87. The highest BCUT2D eigenvalue weighted by molar-refractivity contribution is 7.93. The molecule has 0 aliphatic heterocycles. The lowest BCUT2D eigenvalue weighted by molar-refractivity contribution is 0.0697. The molecule has 0 radical (unpaired) electrons. The van der Waals surface area contributed by atoms with Crippen LogP contribution in [0.3, 0.4) is 0 Å². The van der Waals surface area contributed by atoms with E-state index in [0.29, 0.717) is 0 Å². The number of carboxylic acid groups (broad SMARTS) is 1. The van der Waals surface area contributed by atoms with Gasteiger partial charge in [-0.3, -0.25) is 4.31 Å². The Bertz CT molecular complexity index is 801. The van der Waals surface area contributed by atoms with E-state index in [-0.39, 0.29) is 26.2 Å². The Morgan fingerprint density at radius 1 is 1.43 bits per heavy atom. The minimum atomic E-state index is -3.90. The summed E-state index contributed by atoms with van der Waals surface area (Å²) in [6.45, 7) is 1.52. The topological polar surface area (TPSA) is 87.6 Å². The van der Waals surface area contributed by atoms with Gasteiger partial charge in [0.15, 0.2) is 0 Å². The Morgan fingerprint density at radius 2 is 2.10 bits per heavy atom. The van der Waals surface area contributed by atoms with Crippen molar-refractivity contribution in [2.45, 2.75) is 11.8 Å². The number of aromatic nitrogens is 1. The number of sulfonamides is 1. The van der Waals surface area contributed by atoms with E-state index in [0.717, 1.165) is 15.8 Å². The lowest BCUT2D eigenvalue weighted by Crippen LogP contribution is -2.27. The first-order valence-electron chi connectivity index (χ1n) is 5.69. The Labute approximate surface area is 130 Å². The SMILES string of the molecule is Cc1nsc(N(C)S(=O)(=O)c2cccc(Cl)c2)c1C(=O)O. The maximum absolute atomic E-state index is 12.5. The number of benzene rings is 1. The molecule has 0 atom stereocenters. The van der Waals surface area contributed by atoms with Crippen LogP contribution in [0.4, 0.5) is 5.00 Å². The minimum Gasteiger partial charge on any atom is -0.478 e. The number of anilines is 1. The summed E-state index contributed by atoms with van der Waals surface area (Å²) in [7, 11) is -2.61. The molecule has 0 unspecified atom stereocenters. The summed E-state index contributed by atoms with van der Waals surface area (Å²) in [5, 5.41) is 9.53. The van der Waals surface area contributed by atoms with Crippen molar-refractivity contribution in [3.8, 4) is 0 Å². The van der Waals surface area contributed by atoms with E-state index < -0.39 is 16.0 Å². The molecule has 0 saturated heterocycles. The number of nitrogens with zero attached hydrogens (tertiary/aromatic N) is 2. The molecule has 0 aliphatic rings. The summed E-state index contributed by atoms with van der Waals surface area (Å²) in [5.41, 5.74) is 0.156. The molecule has 0 saturated carbocycles. The predicted octanol–water partition coefficient (Wildman–Crippen LogP) is 2.63. The Kier molecular flexibility index (Phi) is 4.22. The monoisotopic (exact) mass is 346 g/mol. The number of carboxylic acids is 1. The van der Waals surface area contributed by atoms with Crippen molar-refractivity contribution >= 4 is 44.1 Å². The van der Waals surface area contributed by atoms with Gasteiger partial charge in [0.25, 0.3) is 10.0 Å². The predicted molar refractivity (Wildman–Crippen MR) is 80.9 cm³/mol. The second kappa shape index (κ2) is 5.63. The van der Waals surface area contributed by atoms with Gasteiger partial charge in [-0.2, -0.15) is 4.37 Å². The van der Waals surface area contributed by atoms with Crippen molar-refractivity contribution in [1.82, 2.24) is 4.37 Å². The van der Waals surface area contributed by atoms with Crippen LogP contribution in [0.15, 0.2) is 29.2 Å². The van der Waals surface area contributed by atoms with Crippen LogP contribution in [0, 0.1) is 6.92 Å². The molecule has 2 rings (SSSR count). The second-order valence-corrected chi connectivity index (χ2v) is 7.34. The molecule has 1 N–H and O–H groups in total. The first-order chi connectivity index (χ1) is 9.75. The Balaban J connectivity index is 2.54. The van der Waals surface area contributed by atoms with Crippen LogP contribution < -0.4 is 4.31 Å². The first kappa shape index (κ1) is 15.7. The van der Waals surface area contributed by atoms with Gasteiger partial charge in [-0.15, -0.1) is 0 Å². The fraction of sp³-hybridized carbons (Fsp3) is 0.167. The number of rotatable bonds is 4. The number of aromatic carboxylic acids is 1. The molecule has 1 aromatic heterocycles. The van der Waals surface area contributed by atoms with Crippen LogP contribution in [-0.4, -0.2) is 30.9 Å². The highest BCUT2D eigenvalue weighted by Crippen LogP contribution is 2.32. The second-order valence-electron chi connectivity index (χ2n) is 4.18. The summed E-state index contributed by atoms with van der Waals surface area (Å²) in [6, 6.07) is 5.77. The average molecular weight is 347 g/mol. The van der Waals surface area contributed by atoms with Crippen LogP contribution >= 0.6 is 23.1 Å². The fourth-order valence-electron chi connectivity index (χ4n) is 1.71. The molecule has 2 aromatic rings. The third-order valence-corrected chi connectivity index (χ3v) is 5.92. The maximum Gasteiger partial charge on any atom is 0.340 e. The van der Waals surface area contributed by atoms with Crippen molar-refractivity contribution in [2.24, 2.45) is 0 Å². The van der Waals surface area contributed by atoms with Gasteiger partial charge in [0.05, 0.1) is 10.6 Å². The largest absolute Gasteiger partial charge is 0.478 e. The highest BCUT2D eigenvalue weighted by atomic mass is 35.5. The summed E-state index contributed by atoms with van der Waals surface area (Å²) in [6.07, 6.45) is 0. The number of hydrogen-bond acceptors (Lipinski definition) is 5. The zero-order valence-corrected chi connectivity index (χ0v) is 13.5. The van der Waals surface area contributed by atoms with Crippen molar-refractivity contribution < 1.29 is 18.3 Å². The summed E-state index contributed by atoms with van der Waals surface area (Å²) < 4.78 is 29.9. The molecule has 0 fully saturated rings. The number of carbonyl (C=O) groups is 1. The molecule has 21 heavy (non-hydrogen) atoms. The third-order valence-electron chi connectivity index (χ3n) is 2.80. The maximum atomic E-state index is 12.5. The van der Waals surface area contributed by atoms with E-state index in [1.54, 1.807) is 6.07 Å². The van der Waals surface area contributed by atoms with Gasteiger partial charge in [0, 0.05) is 12.1 Å². The van der Waals surface area contributed by atoms with Crippen molar-refractivity contribution in [3.05, 3.63) is 40.5 Å². The van der Waals surface area contributed by atoms with Gasteiger partial charge in [-0.1, -0.05) is 17.7 Å². The van der Waals surface area contributed by atoms with E-state index in [1.165, 1.54) is 32.2 Å². The summed E-state index contributed by atoms with van der Waals surface area (Å²) in [5.74, 6) is -1.22. The van der Waals surface area contributed by atoms with Crippen molar-refractivity contribution in [3.63, 3.8) is 0 Å². The normalized spacial score (nSPS) is 11.4. The highest BCUT2D eigenvalue weighted by Gasteiger charge is 2.28. The van der Waals surface area contributed by atoms with E-state index >= 15 is 0 Å². The molecule has 1 heterocycles.